The maximum atomic E-state index is 14.4. The van der Waals surface area contributed by atoms with Gasteiger partial charge in [0.25, 0.3) is 0 Å². The van der Waals surface area contributed by atoms with Crippen LogP contribution in [0.15, 0.2) is 61.2 Å². The first-order valence-electron chi connectivity index (χ1n) is 12.8. The van der Waals surface area contributed by atoms with Crippen LogP contribution in [0.2, 0.25) is 0 Å². The predicted molar refractivity (Wildman–Crippen MR) is 145 cm³/mol. The van der Waals surface area contributed by atoms with Gasteiger partial charge < -0.3 is 20.5 Å². The molecule has 0 aliphatic carbocycles. The van der Waals surface area contributed by atoms with Crippen molar-refractivity contribution in [3.8, 4) is 5.82 Å². The lowest BCUT2D eigenvalue weighted by Crippen LogP contribution is -2.49. The van der Waals surface area contributed by atoms with E-state index in [9.17, 15) is 18.8 Å². The Labute approximate surface area is 231 Å². The van der Waals surface area contributed by atoms with Crippen LogP contribution in [0.3, 0.4) is 0 Å². The number of hydrogen-bond acceptors (Lipinski definition) is 7. The fourth-order valence-electron chi connectivity index (χ4n) is 5.82. The van der Waals surface area contributed by atoms with Gasteiger partial charge in [-0.05, 0) is 36.2 Å². The van der Waals surface area contributed by atoms with Gasteiger partial charge in [0.2, 0.25) is 17.7 Å². The lowest BCUT2D eigenvalue weighted by atomic mass is 9.70. The monoisotopic (exact) mass is 551 g/mol. The van der Waals surface area contributed by atoms with Crippen LogP contribution in [0.4, 0.5) is 15.9 Å². The first-order chi connectivity index (χ1) is 19.9. The third kappa shape index (κ3) is 3.69. The Hall–Kier alpha value is -5.46. The minimum Gasteiger partial charge on any atom is -0.350 e. The molecule has 3 amide bonds. The fourth-order valence-corrected chi connectivity index (χ4v) is 5.82. The molecule has 0 fully saturated rings. The Kier molecular flexibility index (Phi) is 5.42. The Balaban J connectivity index is 1.29. The molecule has 3 N–H and O–H groups in total. The van der Waals surface area contributed by atoms with Crippen LogP contribution in [0.25, 0.3) is 17.0 Å². The highest BCUT2D eigenvalue weighted by molar-refractivity contribution is 6.17. The number of benzene rings is 2. The van der Waals surface area contributed by atoms with E-state index in [1.165, 1.54) is 34.4 Å². The normalized spacial score (nSPS) is 17.6. The van der Waals surface area contributed by atoms with Crippen molar-refractivity contribution in [2.75, 3.05) is 16.8 Å². The lowest BCUT2D eigenvalue weighted by Gasteiger charge is -2.33. The Morgan fingerprint density at radius 3 is 2.73 bits per heavy atom. The average molecular weight is 552 g/mol. The summed E-state index contributed by atoms with van der Waals surface area (Å²) in [6, 6.07) is 13.0. The molecule has 2 aliphatic rings. The molecule has 7 rings (SSSR count). The summed E-state index contributed by atoms with van der Waals surface area (Å²) in [5.74, 6) is -0.856. The van der Waals surface area contributed by atoms with E-state index in [4.69, 9.17) is 5.10 Å². The Morgan fingerprint density at radius 2 is 1.90 bits per heavy atom. The molecule has 204 valence electrons. The van der Waals surface area contributed by atoms with Gasteiger partial charge in [-0.2, -0.15) is 9.78 Å². The molecule has 3 aromatic heterocycles. The largest absolute Gasteiger partial charge is 0.350 e. The summed E-state index contributed by atoms with van der Waals surface area (Å²) < 4.78 is 14.7. The number of carbonyl (C=O) groups is 3. The smallest absolute Gasteiger partial charge is 0.243 e. The third-order valence-electron chi connectivity index (χ3n) is 7.54. The van der Waals surface area contributed by atoms with Crippen molar-refractivity contribution >= 4 is 40.4 Å². The van der Waals surface area contributed by atoms with E-state index in [1.807, 2.05) is 0 Å². The molecular formula is C28H22FN9O3. The van der Waals surface area contributed by atoms with Crippen LogP contribution < -0.4 is 15.5 Å². The van der Waals surface area contributed by atoms with Crippen molar-refractivity contribution in [3.05, 3.63) is 89.4 Å². The van der Waals surface area contributed by atoms with Crippen LogP contribution >= 0.6 is 0 Å². The molecule has 0 bridgehead atoms. The van der Waals surface area contributed by atoms with Crippen molar-refractivity contribution in [1.82, 2.24) is 35.0 Å². The standard InChI is InChI=1S/C28H22FN9O3/c1-15-22-25(38(36-15)26-23-24(32-13-31-23)33-14-34-26)35-20(39)10-28(22)18-4-2-3-5-19(18)37(27(28)41)12-21(40)30-11-16-6-8-17(29)9-7-16/h2-9,13-14H,10-12H2,1H3,(H,30,40)(H,35,39)(H,31,32,33,34). The highest BCUT2D eigenvalue weighted by Gasteiger charge is 2.58. The van der Waals surface area contributed by atoms with E-state index in [2.05, 4.69) is 30.6 Å². The number of aryl methyl sites for hydroxylation is 1. The summed E-state index contributed by atoms with van der Waals surface area (Å²) in [7, 11) is 0. The number of nitrogens with one attached hydrogen (secondary N) is 3. The van der Waals surface area contributed by atoms with Crippen LogP contribution in [-0.2, 0) is 26.3 Å². The molecule has 0 saturated carbocycles. The van der Waals surface area contributed by atoms with Gasteiger partial charge in [0.15, 0.2) is 11.5 Å². The maximum Gasteiger partial charge on any atom is 0.243 e. The molecule has 0 radical (unpaired) electrons. The van der Waals surface area contributed by atoms with Gasteiger partial charge >= 0.3 is 0 Å². The van der Waals surface area contributed by atoms with Gasteiger partial charge in [-0.3, -0.25) is 14.4 Å². The zero-order valence-corrected chi connectivity index (χ0v) is 21.7. The second-order valence-corrected chi connectivity index (χ2v) is 9.96. The number of amides is 3. The number of aromatic nitrogens is 6. The van der Waals surface area contributed by atoms with Crippen molar-refractivity contribution in [3.63, 3.8) is 0 Å². The molecule has 2 aromatic carbocycles. The number of aromatic amines is 1. The van der Waals surface area contributed by atoms with Crippen molar-refractivity contribution in [2.24, 2.45) is 0 Å². The molecule has 5 aromatic rings. The summed E-state index contributed by atoms with van der Waals surface area (Å²) in [4.78, 5) is 57.8. The van der Waals surface area contributed by atoms with Gasteiger partial charge in [0.1, 0.15) is 35.4 Å². The number of fused-ring (bicyclic) bond motifs is 5. The van der Waals surface area contributed by atoms with E-state index in [-0.39, 0.29) is 31.2 Å². The molecule has 13 heteroatoms. The second kappa shape index (κ2) is 9.05. The van der Waals surface area contributed by atoms with E-state index < -0.39 is 17.2 Å². The third-order valence-corrected chi connectivity index (χ3v) is 7.54. The number of anilines is 2. The maximum absolute atomic E-state index is 14.4. The number of nitrogens with zero attached hydrogens (tertiary/aromatic N) is 6. The number of hydrogen-bond donors (Lipinski definition) is 3. The first kappa shape index (κ1) is 24.6. The van der Waals surface area contributed by atoms with Crippen molar-refractivity contribution in [2.45, 2.75) is 25.3 Å². The quantitative estimate of drug-likeness (QED) is 0.303. The first-order valence-corrected chi connectivity index (χ1v) is 12.8. The SMILES string of the molecule is Cc1nn(-c2ncnc3nc[nH]c23)c2c1C1(CC(=O)N2)C(=O)N(CC(=O)NCc2ccc(F)cc2)c2ccccc21. The van der Waals surface area contributed by atoms with Gasteiger partial charge in [-0.15, -0.1) is 0 Å². The van der Waals surface area contributed by atoms with Gasteiger partial charge in [0, 0.05) is 24.2 Å². The molecule has 1 atom stereocenters. The van der Waals surface area contributed by atoms with E-state index in [1.54, 1.807) is 43.3 Å². The highest BCUT2D eigenvalue weighted by atomic mass is 19.1. The highest BCUT2D eigenvalue weighted by Crippen LogP contribution is 2.53. The molecule has 1 spiro atoms. The predicted octanol–water partition coefficient (Wildman–Crippen LogP) is 2.28. The molecule has 1 unspecified atom stereocenters. The molecule has 12 nitrogen and oxygen atoms in total. The van der Waals surface area contributed by atoms with Crippen LogP contribution in [0, 0.1) is 12.7 Å². The van der Waals surface area contributed by atoms with Crippen molar-refractivity contribution in [1.29, 1.82) is 0 Å². The lowest BCUT2D eigenvalue weighted by molar-refractivity contribution is -0.128. The molecular weight excluding hydrogens is 529 g/mol. The van der Waals surface area contributed by atoms with Crippen molar-refractivity contribution < 1.29 is 18.8 Å². The summed E-state index contributed by atoms with van der Waals surface area (Å²) in [5, 5.41) is 10.4. The van der Waals surface area contributed by atoms with Gasteiger partial charge in [-0.25, -0.2) is 19.3 Å². The number of H-pyrrole nitrogens is 1. The minimum atomic E-state index is -1.39. The van der Waals surface area contributed by atoms with E-state index >= 15 is 0 Å². The van der Waals surface area contributed by atoms with E-state index in [0.717, 1.165) is 5.56 Å². The van der Waals surface area contributed by atoms with Crippen LogP contribution in [0.5, 0.6) is 0 Å². The summed E-state index contributed by atoms with van der Waals surface area (Å²) in [5.41, 5.74) is 2.49. The van der Waals surface area contributed by atoms with Crippen LogP contribution in [0.1, 0.15) is 28.8 Å². The number of halogens is 1. The number of carbonyl (C=O) groups excluding carboxylic acids is 3. The zero-order valence-electron chi connectivity index (χ0n) is 21.7. The molecule has 0 saturated heterocycles. The molecule has 41 heavy (non-hydrogen) atoms. The van der Waals surface area contributed by atoms with E-state index in [0.29, 0.717) is 45.3 Å². The topological polar surface area (TPSA) is 151 Å². The number of para-hydroxylation sites is 1. The Morgan fingerprint density at radius 1 is 1.10 bits per heavy atom. The Bertz CT molecular complexity index is 1880. The number of rotatable bonds is 5. The van der Waals surface area contributed by atoms with Crippen LogP contribution in [-0.4, -0.2) is 54.0 Å². The molecule has 2 aliphatic heterocycles. The second-order valence-electron chi connectivity index (χ2n) is 9.96. The minimum absolute atomic E-state index is 0.153. The molecule has 5 heterocycles. The van der Waals surface area contributed by atoms with Gasteiger partial charge in [-0.1, -0.05) is 30.3 Å². The van der Waals surface area contributed by atoms with Gasteiger partial charge in [0.05, 0.1) is 12.0 Å². The number of imidazole rings is 1. The average Bonchev–Trinajstić information content (AvgIpc) is 3.64. The summed E-state index contributed by atoms with van der Waals surface area (Å²) in [6.07, 6.45) is 2.69. The summed E-state index contributed by atoms with van der Waals surface area (Å²) >= 11 is 0. The zero-order chi connectivity index (χ0) is 28.3. The fraction of sp³-hybridized carbons (Fsp3) is 0.179. The summed E-state index contributed by atoms with van der Waals surface area (Å²) in [6.45, 7) is 1.69.